The van der Waals surface area contributed by atoms with Gasteiger partial charge in [-0.25, -0.2) is 0 Å². The van der Waals surface area contributed by atoms with Crippen molar-refractivity contribution in [3.8, 4) is 11.5 Å². The molecule has 0 aliphatic rings. The quantitative estimate of drug-likeness (QED) is 0.865. The number of rotatable bonds is 5. The molecule has 0 radical (unpaired) electrons. The number of halogens is 1. The van der Waals surface area contributed by atoms with Crippen LogP contribution in [0.25, 0.3) is 0 Å². The zero-order valence-corrected chi connectivity index (χ0v) is 10.7. The van der Waals surface area contributed by atoms with Crippen LogP contribution in [0.3, 0.4) is 0 Å². The van der Waals surface area contributed by atoms with Crippen molar-refractivity contribution < 1.29 is 9.47 Å². The molecule has 0 aliphatic heterocycles. The number of methoxy groups -OCH3 is 2. The molecule has 2 N–H and O–H groups in total. The topological polar surface area (TPSA) is 44.5 Å². The van der Waals surface area contributed by atoms with Gasteiger partial charge in [0.05, 0.1) is 14.2 Å². The van der Waals surface area contributed by atoms with E-state index in [1.165, 1.54) is 0 Å². The molecule has 1 aromatic carbocycles. The first-order valence-corrected chi connectivity index (χ1v) is 5.66. The fraction of sp³-hybridized carbons (Fsp3) is 0.500. The highest BCUT2D eigenvalue weighted by Crippen LogP contribution is 2.35. The Labute approximate surface area is 101 Å². The van der Waals surface area contributed by atoms with Crippen LogP contribution in [0.4, 0.5) is 0 Å². The van der Waals surface area contributed by atoms with Crippen LogP contribution in [0, 0.1) is 0 Å². The van der Waals surface area contributed by atoms with Gasteiger partial charge in [-0.3, -0.25) is 0 Å². The first kappa shape index (κ1) is 13.1. The van der Waals surface area contributed by atoms with Crippen molar-refractivity contribution >= 4 is 11.6 Å². The van der Waals surface area contributed by atoms with Crippen molar-refractivity contribution in [2.75, 3.05) is 14.2 Å². The molecule has 1 unspecified atom stereocenters. The lowest BCUT2D eigenvalue weighted by molar-refractivity contribution is 0.350. The molecule has 1 aromatic rings. The van der Waals surface area contributed by atoms with Gasteiger partial charge in [-0.2, -0.15) is 0 Å². The van der Waals surface area contributed by atoms with Crippen LogP contribution in [0.2, 0.25) is 5.02 Å². The minimum Gasteiger partial charge on any atom is -0.493 e. The van der Waals surface area contributed by atoms with E-state index in [0.717, 1.165) is 24.2 Å². The molecular formula is C12H18ClNO2. The normalized spacial score (nSPS) is 12.3. The number of hydrogen-bond acceptors (Lipinski definition) is 3. The number of nitrogens with two attached hydrogens (primary N) is 1. The minimum absolute atomic E-state index is 0.108. The van der Waals surface area contributed by atoms with Gasteiger partial charge in [-0.1, -0.05) is 18.5 Å². The third-order valence-corrected chi connectivity index (χ3v) is 2.75. The van der Waals surface area contributed by atoms with Crippen LogP contribution in [-0.2, 0) is 6.42 Å². The highest BCUT2D eigenvalue weighted by Gasteiger charge is 2.13. The molecule has 1 rings (SSSR count). The average Bonchev–Trinajstić information content (AvgIpc) is 2.28. The average molecular weight is 244 g/mol. The lowest BCUT2D eigenvalue weighted by Crippen LogP contribution is -2.21. The van der Waals surface area contributed by atoms with Crippen molar-refractivity contribution in [1.82, 2.24) is 0 Å². The Bertz CT molecular complexity index is 355. The van der Waals surface area contributed by atoms with Crippen LogP contribution in [-0.4, -0.2) is 20.3 Å². The fourth-order valence-electron chi connectivity index (χ4n) is 1.58. The molecule has 0 saturated carbocycles. The highest BCUT2D eigenvalue weighted by molar-refractivity contribution is 6.30. The van der Waals surface area contributed by atoms with Crippen molar-refractivity contribution in [3.05, 3.63) is 22.7 Å². The maximum Gasteiger partial charge on any atom is 0.164 e. The molecule has 0 aliphatic carbocycles. The van der Waals surface area contributed by atoms with Crippen LogP contribution in [0.15, 0.2) is 12.1 Å². The first-order chi connectivity index (χ1) is 7.62. The van der Waals surface area contributed by atoms with E-state index < -0.39 is 0 Å². The summed E-state index contributed by atoms with van der Waals surface area (Å²) in [7, 11) is 3.21. The standard InChI is InChI=1S/C12H18ClNO2/c1-4-10(14)6-8-5-9(13)7-11(15-2)12(8)16-3/h5,7,10H,4,6,14H2,1-3H3. The summed E-state index contributed by atoms with van der Waals surface area (Å²) in [6.45, 7) is 2.05. The monoisotopic (exact) mass is 243 g/mol. The van der Waals surface area contributed by atoms with E-state index in [1.807, 2.05) is 6.07 Å². The van der Waals surface area contributed by atoms with Crippen molar-refractivity contribution in [2.24, 2.45) is 5.73 Å². The Hall–Kier alpha value is -0.930. The molecule has 1 atom stereocenters. The summed E-state index contributed by atoms with van der Waals surface area (Å²) in [6, 6.07) is 3.72. The lowest BCUT2D eigenvalue weighted by Gasteiger charge is -2.15. The van der Waals surface area contributed by atoms with Crippen LogP contribution in [0.1, 0.15) is 18.9 Å². The molecule has 0 fully saturated rings. The molecule has 4 heteroatoms. The molecule has 0 bridgehead atoms. The maximum atomic E-state index is 6.01. The summed E-state index contributed by atoms with van der Waals surface area (Å²) < 4.78 is 10.6. The second-order valence-electron chi connectivity index (χ2n) is 3.67. The minimum atomic E-state index is 0.108. The molecular weight excluding hydrogens is 226 g/mol. The van der Waals surface area contributed by atoms with E-state index in [4.69, 9.17) is 26.8 Å². The zero-order valence-electron chi connectivity index (χ0n) is 9.92. The third kappa shape index (κ3) is 3.03. The summed E-state index contributed by atoms with van der Waals surface area (Å²) in [5.41, 5.74) is 6.92. The van der Waals surface area contributed by atoms with Gasteiger partial charge < -0.3 is 15.2 Å². The first-order valence-electron chi connectivity index (χ1n) is 5.28. The van der Waals surface area contributed by atoms with E-state index in [-0.39, 0.29) is 6.04 Å². The number of hydrogen-bond donors (Lipinski definition) is 1. The molecule has 0 heterocycles. The Morgan fingerprint density at radius 2 is 2.00 bits per heavy atom. The van der Waals surface area contributed by atoms with Crippen LogP contribution >= 0.6 is 11.6 Å². The SMILES string of the molecule is CCC(N)Cc1cc(Cl)cc(OC)c1OC. The van der Waals surface area contributed by atoms with Gasteiger partial charge in [0.15, 0.2) is 11.5 Å². The molecule has 90 valence electrons. The fourth-order valence-corrected chi connectivity index (χ4v) is 1.82. The van der Waals surface area contributed by atoms with Gasteiger partial charge >= 0.3 is 0 Å². The molecule has 3 nitrogen and oxygen atoms in total. The van der Waals surface area contributed by atoms with E-state index in [2.05, 4.69) is 6.92 Å². The van der Waals surface area contributed by atoms with Gasteiger partial charge in [-0.05, 0) is 18.9 Å². The van der Waals surface area contributed by atoms with Crippen molar-refractivity contribution in [1.29, 1.82) is 0 Å². The van der Waals surface area contributed by atoms with Gasteiger partial charge in [0, 0.05) is 22.7 Å². The molecule has 0 saturated heterocycles. The van der Waals surface area contributed by atoms with Crippen LogP contribution < -0.4 is 15.2 Å². The maximum absolute atomic E-state index is 6.01. The van der Waals surface area contributed by atoms with Gasteiger partial charge in [0.1, 0.15) is 0 Å². The molecule has 0 amide bonds. The summed E-state index contributed by atoms with van der Waals surface area (Å²) in [4.78, 5) is 0. The van der Waals surface area contributed by atoms with E-state index in [9.17, 15) is 0 Å². The smallest absolute Gasteiger partial charge is 0.164 e. The predicted molar refractivity (Wildman–Crippen MR) is 66.5 cm³/mol. The van der Waals surface area contributed by atoms with E-state index in [1.54, 1.807) is 20.3 Å². The van der Waals surface area contributed by atoms with E-state index in [0.29, 0.717) is 10.8 Å². The Morgan fingerprint density at radius 1 is 1.31 bits per heavy atom. The largest absolute Gasteiger partial charge is 0.493 e. The predicted octanol–water partition coefficient (Wildman–Crippen LogP) is 2.64. The Morgan fingerprint density at radius 3 is 2.50 bits per heavy atom. The van der Waals surface area contributed by atoms with Crippen molar-refractivity contribution in [2.45, 2.75) is 25.8 Å². The number of ether oxygens (including phenoxy) is 2. The lowest BCUT2D eigenvalue weighted by atomic mass is 10.0. The second-order valence-corrected chi connectivity index (χ2v) is 4.11. The van der Waals surface area contributed by atoms with Crippen LogP contribution in [0.5, 0.6) is 11.5 Å². The van der Waals surface area contributed by atoms with Gasteiger partial charge in [0.25, 0.3) is 0 Å². The summed E-state index contributed by atoms with van der Waals surface area (Å²) in [6.07, 6.45) is 1.65. The van der Waals surface area contributed by atoms with Crippen molar-refractivity contribution in [3.63, 3.8) is 0 Å². The summed E-state index contributed by atoms with van der Waals surface area (Å²) >= 11 is 6.01. The molecule has 0 spiro atoms. The van der Waals surface area contributed by atoms with Gasteiger partial charge in [0.2, 0.25) is 0 Å². The molecule has 16 heavy (non-hydrogen) atoms. The molecule has 0 aromatic heterocycles. The number of benzene rings is 1. The zero-order chi connectivity index (χ0) is 12.1. The third-order valence-electron chi connectivity index (χ3n) is 2.53. The Balaban J connectivity index is 3.09. The summed E-state index contributed by atoms with van der Waals surface area (Å²) in [5, 5.41) is 0.635. The van der Waals surface area contributed by atoms with E-state index >= 15 is 0 Å². The highest BCUT2D eigenvalue weighted by atomic mass is 35.5. The van der Waals surface area contributed by atoms with Gasteiger partial charge in [-0.15, -0.1) is 0 Å². The summed E-state index contributed by atoms with van der Waals surface area (Å²) in [5.74, 6) is 1.36. The second kappa shape index (κ2) is 5.97. The Kier molecular flexibility index (Phi) is 4.90.